The number of nitrogens with one attached hydrogen (secondary N) is 1. The van der Waals surface area contributed by atoms with E-state index >= 15 is 0 Å². The van der Waals surface area contributed by atoms with Crippen molar-refractivity contribution in [3.8, 4) is 17.0 Å². The van der Waals surface area contributed by atoms with Crippen LogP contribution < -0.4 is 11.1 Å². The molecule has 0 saturated heterocycles. The summed E-state index contributed by atoms with van der Waals surface area (Å²) in [5.41, 5.74) is 11.8. The van der Waals surface area contributed by atoms with Gasteiger partial charge >= 0.3 is 0 Å². The number of aryl methyl sites for hydroxylation is 2. The Labute approximate surface area is 197 Å². The zero-order valence-corrected chi connectivity index (χ0v) is 18.4. The lowest BCUT2D eigenvalue weighted by Gasteiger charge is -2.23. The number of fused-ring (bicyclic) bond motifs is 3. The van der Waals surface area contributed by atoms with Crippen molar-refractivity contribution in [2.75, 3.05) is 11.1 Å². The number of hydrogen-bond acceptors (Lipinski definition) is 6. The zero-order chi connectivity index (χ0) is 23.7. The topological polar surface area (TPSA) is 121 Å². The summed E-state index contributed by atoms with van der Waals surface area (Å²) < 4.78 is 0. The number of benzene rings is 3. The Morgan fingerprint density at radius 2 is 1.76 bits per heavy atom. The van der Waals surface area contributed by atoms with Crippen molar-refractivity contribution in [2.24, 2.45) is 0 Å². The number of hydrogen-bond donors (Lipinski definition) is 4. The summed E-state index contributed by atoms with van der Waals surface area (Å²) in [6, 6.07) is 21.3. The molecule has 1 atom stereocenters. The van der Waals surface area contributed by atoms with E-state index in [0.29, 0.717) is 23.4 Å². The molecule has 5 N–H and O–H groups in total. The first-order valence-corrected chi connectivity index (χ1v) is 11.1. The summed E-state index contributed by atoms with van der Waals surface area (Å²) in [7, 11) is 0. The van der Waals surface area contributed by atoms with Crippen LogP contribution in [-0.4, -0.2) is 26.1 Å². The van der Waals surface area contributed by atoms with Crippen LogP contribution in [0.4, 0.5) is 11.5 Å². The molecule has 1 aliphatic carbocycles. The molecule has 1 amide bonds. The average molecular weight is 453 g/mol. The summed E-state index contributed by atoms with van der Waals surface area (Å²) in [4.78, 5) is 22.4. The fourth-order valence-corrected chi connectivity index (χ4v) is 4.23. The van der Waals surface area contributed by atoms with E-state index in [2.05, 4.69) is 5.32 Å². The number of nitrogen functional groups attached to an aromatic ring is 1. The molecule has 0 bridgehead atoms. The van der Waals surface area contributed by atoms with Gasteiger partial charge in [-0.2, -0.15) is 0 Å². The number of phenols is 1. The predicted molar refractivity (Wildman–Crippen MR) is 130 cm³/mol. The van der Waals surface area contributed by atoms with E-state index in [0.717, 1.165) is 28.8 Å². The smallest absolute Gasteiger partial charge is 0.229 e. The lowest BCUT2D eigenvalue weighted by Crippen LogP contribution is -2.21. The van der Waals surface area contributed by atoms with Gasteiger partial charge in [-0.1, -0.05) is 48.5 Å². The van der Waals surface area contributed by atoms with Crippen LogP contribution in [0.2, 0.25) is 0 Å². The third-order valence-corrected chi connectivity index (χ3v) is 5.94. The second kappa shape index (κ2) is 8.96. The van der Waals surface area contributed by atoms with Gasteiger partial charge in [0.15, 0.2) is 5.82 Å². The molecule has 1 aliphatic rings. The fourth-order valence-electron chi connectivity index (χ4n) is 4.23. The maximum absolute atomic E-state index is 12.8. The maximum atomic E-state index is 12.8. The van der Waals surface area contributed by atoms with Crippen molar-refractivity contribution in [1.82, 2.24) is 9.97 Å². The van der Waals surface area contributed by atoms with E-state index in [9.17, 15) is 15.0 Å². The number of carbonyl (C=O) groups is 1. The predicted octanol–water partition coefficient (Wildman–Crippen LogP) is 3.79. The summed E-state index contributed by atoms with van der Waals surface area (Å²) in [6.45, 7) is 0. The lowest BCUT2D eigenvalue weighted by atomic mass is 9.91. The van der Waals surface area contributed by atoms with Crippen molar-refractivity contribution in [3.05, 3.63) is 101 Å². The fraction of sp³-hybridized carbons (Fsp3) is 0.148. The van der Waals surface area contributed by atoms with E-state index in [1.54, 1.807) is 12.1 Å². The quantitative estimate of drug-likeness (QED) is 0.342. The molecule has 7 heteroatoms. The first-order chi connectivity index (χ1) is 16.5. The van der Waals surface area contributed by atoms with Gasteiger partial charge in [-0.25, -0.2) is 9.97 Å². The molecular formula is C27H24N4O3. The number of amides is 1. The molecule has 1 heterocycles. The first-order valence-electron chi connectivity index (χ1n) is 11.1. The number of aliphatic hydroxyl groups excluding tert-OH is 1. The molecule has 5 rings (SSSR count). The molecule has 1 unspecified atom stereocenters. The second-order valence-electron chi connectivity index (χ2n) is 8.37. The molecule has 7 nitrogen and oxygen atoms in total. The number of phenolic OH excluding ortho intramolecular Hbond substituents is 1. The highest BCUT2D eigenvalue weighted by Gasteiger charge is 2.26. The Hall–Kier alpha value is -4.23. The Kier molecular flexibility index (Phi) is 5.69. The van der Waals surface area contributed by atoms with Crippen LogP contribution in [0.25, 0.3) is 11.3 Å². The molecule has 3 aromatic carbocycles. The Morgan fingerprint density at radius 3 is 2.53 bits per heavy atom. The third-order valence-electron chi connectivity index (χ3n) is 5.94. The standard InChI is InChI=1S/C27H24N4O3/c28-19-9-12-21-18(15-19)8-13-22-24(21)31-25(26(34)17-4-2-1-3-5-17)27(29-22)30-23(33)14-16-6-10-20(32)11-7-16/h1-7,9-12,15,26,32,34H,8,13-14,28H2,(H,29,30,33). The van der Waals surface area contributed by atoms with E-state index in [4.69, 9.17) is 15.7 Å². The number of rotatable bonds is 5. The van der Waals surface area contributed by atoms with Gasteiger partial charge < -0.3 is 21.3 Å². The van der Waals surface area contributed by atoms with Gasteiger partial charge in [0.2, 0.25) is 5.91 Å². The second-order valence-corrected chi connectivity index (χ2v) is 8.37. The highest BCUT2D eigenvalue weighted by Crippen LogP contribution is 2.36. The minimum absolute atomic E-state index is 0.0992. The SMILES string of the molecule is Nc1ccc2c(c1)CCc1nc(NC(=O)Cc3ccc(O)cc3)c(C(O)c3ccccc3)nc1-2. The lowest BCUT2D eigenvalue weighted by molar-refractivity contribution is -0.115. The number of aromatic nitrogens is 2. The van der Waals surface area contributed by atoms with Crippen LogP contribution in [0, 0.1) is 0 Å². The van der Waals surface area contributed by atoms with Crippen LogP contribution in [-0.2, 0) is 24.1 Å². The highest BCUT2D eigenvalue weighted by molar-refractivity contribution is 5.92. The Morgan fingerprint density at radius 1 is 1.00 bits per heavy atom. The molecule has 0 fully saturated rings. The van der Waals surface area contributed by atoms with Gasteiger partial charge in [0.1, 0.15) is 17.5 Å². The van der Waals surface area contributed by atoms with Crippen LogP contribution >= 0.6 is 0 Å². The van der Waals surface area contributed by atoms with Crippen molar-refractivity contribution in [3.63, 3.8) is 0 Å². The normalized spacial score (nSPS) is 13.0. The molecule has 34 heavy (non-hydrogen) atoms. The van der Waals surface area contributed by atoms with E-state index in [1.807, 2.05) is 48.5 Å². The van der Waals surface area contributed by atoms with Crippen molar-refractivity contribution >= 4 is 17.4 Å². The van der Waals surface area contributed by atoms with Crippen molar-refractivity contribution < 1.29 is 15.0 Å². The minimum atomic E-state index is -1.07. The van der Waals surface area contributed by atoms with Crippen LogP contribution in [0.3, 0.4) is 0 Å². The number of aromatic hydroxyl groups is 1. The highest BCUT2D eigenvalue weighted by atomic mass is 16.3. The minimum Gasteiger partial charge on any atom is -0.508 e. The van der Waals surface area contributed by atoms with Crippen LogP contribution in [0.5, 0.6) is 5.75 Å². The van der Waals surface area contributed by atoms with Crippen molar-refractivity contribution in [1.29, 1.82) is 0 Å². The molecule has 1 aromatic heterocycles. The average Bonchev–Trinajstić information content (AvgIpc) is 2.85. The summed E-state index contributed by atoms with van der Waals surface area (Å²) in [6.07, 6.45) is 0.453. The number of anilines is 2. The van der Waals surface area contributed by atoms with E-state index in [1.165, 1.54) is 12.1 Å². The maximum Gasteiger partial charge on any atom is 0.229 e. The monoisotopic (exact) mass is 452 g/mol. The largest absolute Gasteiger partial charge is 0.508 e. The summed E-state index contributed by atoms with van der Waals surface area (Å²) in [5.74, 6) is 0.100. The molecule has 0 aliphatic heterocycles. The summed E-state index contributed by atoms with van der Waals surface area (Å²) >= 11 is 0. The number of aliphatic hydroxyl groups is 1. The first kappa shape index (κ1) is 21.6. The van der Waals surface area contributed by atoms with Gasteiger partial charge in [-0.05, 0) is 53.8 Å². The van der Waals surface area contributed by atoms with Crippen molar-refractivity contribution in [2.45, 2.75) is 25.4 Å². The molecule has 0 radical (unpaired) electrons. The van der Waals surface area contributed by atoms with Gasteiger partial charge in [-0.15, -0.1) is 0 Å². The zero-order valence-electron chi connectivity index (χ0n) is 18.4. The Bertz CT molecular complexity index is 1350. The Balaban J connectivity index is 1.54. The van der Waals surface area contributed by atoms with Gasteiger partial charge in [0.25, 0.3) is 0 Å². The molecule has 170 valence electrons. The molecular weight excluding hydrogens is 428 g/mol. The van der Waals surface area contributed by atoms with Gasteiger partial charge in [-0.3, -0.25) is 4.79 Å². The molecule has 0 saturated carbocycles. The van der Waals surface area contributed by atoms with Crippen LogP contribution in [0.1, 0.15) is 34.2 Å². The molecule has 0 spiro atoms. The van der Waals surface area contributed by atoms with Gasteiger partial charge in [0, 0.05) is 11.3 Å². The number of nitrogens with zero attached hydrogens (tertiary/aromatic N) is 2. The van der Waals surface area contributed by atoms with E-state index in [-0.39, 0.29) is 29.6 Å². The number of carbonyl (C=O) groups excluding carboxylic acids is 1. The molecule has 4 aromatic rings. The summed E-state index contributed by atoms with van der Waals surface area (Å²) in [5, 5.41) is 23.5. The van der Waals surface area contributed by atoms with Gasteiger partial charge in [0.05, 0.1) is 17.8 Å². The third kappa shape index (κ3) is 4.33. The van der Waals surface area contributed by atoms with Crippen LogP contribution in [0.15, 0.2) is 72.8 Å². The number of nitrogens with two attached hydrogens (primary N) is 1. The van der Waals surface area contributed by atoms with E-state index < -0.39 is 6.10 Å².